The third-order valence-electron chi connectivity index (χ3n) is 3.75. The minimum absolute atomic E-state index is 0.00111. The monoisotopic (exact) mass is 319 g/mol. The summed E-state index contributed by atoms with van der Waals surface area (Å²) >= 11 is 5.70. The van der Waals surface area contributed by atoms with Crippen LogP contribution in [0.25, 0.3) is 0 Å². The lowest BCUT2D eigenvalue weighted by atomic mass is 10.1. The van der Waals surface area contributed by atoms with E-state index in [-0.39, 0.29) is 17.9 Å². The molecule has 2 atom stereocenters. The van der Waals surface area contributed by atoms with Gasteiger partial charge in [0, 0.05) is 11.9 Å². The fourth-order valence-corrected chi connectivity index (χ4v) is 4.54. The first-order chi connectivity index (χ1) is 9.43. The highest BCUT2D eigenvalue weighted by Gasteiger charge is 2.39. The van der Waals surface area contributed by atoms with Crippen molar-refractivity contribution in [2.24, 2.45) is 0 Å². The zero-order valence-corrected chi connectivity index (χ0v) is 13.0. The van der Waals surface area contributed by atoms with Gasteiger partial charge in [0.15, 0.2) is 0 Å². The van der Waals surface area contributed by atoms with E-state index in [9.17, 15) is 12.8 Å². The predicted octanol–water partition coefficient (Wildman–Crippen LogP) is 3.31. The lowest BCUT2D eigenvalue weighted by molar-refractivity contribution is 0.314. The van der Waals surface area contributed by atoms with Crippen LogP contribution in [0.15, 0.2) is 24.3 Å². The number of rotatable bonds is 5. The second kappa shape index (κ2) is 6.41. The van der Waals surface area contributed by atoms with Crippen molar-refractivity contribution in [3.63, 3.8) is 0 Å². The van der Waals surface area contributed by atoms with Gasteiger partial charge in [0.2, 0.25) is 10.0 Å². The Labute approximate surface area is 124 Å². The van der Waals surface area contributed by atoms with Gasteiger partial charge in [0.25, 0.3) is 0 Å². The van der Waals surface area contributed by atoms with Gasteiger partial charge in [0.1, 0.15) is 5.82 Å². The summed E-state index contributed by atoms with van der Waals surface area (Å²) in [6, 6.07) is 5.90. The zero-order valence-electron chi connectivity index (χ0n) is 11.4. The number of nitrogens with zero attached hydrogens (tertiary/aromatic N) is 1. The van der Waals surface area contributed by atoms with Crippen LogP contribution in [0.1, 0.15) is 37.3 Å². The lowest BCUT2D eigenvalue weighted by Gasteiger charge is -2.28. The van der Waals surface area contributed by atoms with Gasteiger partial charge >= 0.3 is 0 Å². The van der Waals surface area contributed by atoms with Gasteiger partial charge in [-0.1, -0.05) is 12.1 Å². The molecule has 0 bridgehead atoms. The maximum absolute atomic E-state index is 13.0. The summed E-state index contributed by atoms with van der Waals surface area (Å²) in [6.07, 6.45) is 4.41. The molecule has 6 heteroatoms. The van der Waals surface area contributed by atoms with Gasteiger partial charge in [-0.2, -0.15) is 4.31 Å². The third kappa shape index (κ3) is 3.51. The Morgan fingerprint density at radius 1 is 1.30 bits per heavy atom. The average molecular weight is 320 g/mol. The highest BCUT2D eigenvalue weighted by Crippen LogP contribution is 2.39. The van der Waals surface area contributed by atoms with Gasteiger partial charge in [0.05, 0.1) is 12.3 Å². The summed E-state index contributed by atoms with van der Waals surface area (Å²) in [5.41, 5.74) is 0.852. The summed E-state index contributed by atoms with van der Waals surface area (Å²) in [4.78, 5) is 0. The Morgan fingerprint density at radius 2 is 1.95 bits per heavy atom. The van der Waals surface area contributed by atoms with Crippen molar-refractivity contribution in [2.45, 2.75) is 37.8 Å². The van der Waals surface area contributed by atoms with E-state index < -0.39 is 10.0 Å². The molecule has 1 aromatic carbocycles. The standard InChI is InChI=1S/C14H19ClFNO2S/c1-20(18,19)17-13(3-2-10-15)8-9-14(17)11-4-6-12(16)7-5-11/h4-7,13-14H,2-3,8-10H2,1H3. The number of sulfonamides is 1. The summed E-state index contributed by atoms with van der Waals surface area (Å²) in [7, 11) is -3.29. The molecule has 1 aliphatic rings. The van der Waals surface area contributed by atoms with Crippen LogP contribution in [0.4, 0.5) is 4.39 Å². The molecule has 20 heavy (non-hydrogen) atoms. The molecule has 0 spiro atoms. The highest BCUT2D eigenvalue weighted by atomic mass is 35.5. The summed E-state index contributed by atoms with van der Waals surface area (Å²) in [5, 5.41) is 0. The summed E-state index contributed by atoms with van der Waals surface area (Å²) in [5.74, 6) is 0.228. The largest absolute Gasteiger partial charge is 0.212 e. The van der Waals surface area contributed by atoms with E-state index >= 15 is 0 Å². The van der Waals surface area contributed by atoms with Crippen molar-refractivity contribution < 1.29 is 12.8 Å². The van der Waals surface area contributed by atoms with E-state index in [0.717, 1.165) is 31.2 Å². The molecule has 1 heterocycles. The normalized spacial score (nSPS) is 24.1. The van der Waals surface area contributed by atoms with Crippen LogP contribution in [-0.2, 0) is 10.0 Å². The van der Waals surface area contributed by atoms with Crippen LogP contribution in [0.5, 0.6) is 0 Å². The molecule has 0 radical (unpaired) electrons. The van der Waals surface area contributed by atoms with Crippen molar-refractivity contribution in [1.82, 2.24) is 4.31 Å². The lowest BCUT2D eigenvalue weighted by Crippen LogP contribution is -2.36. The molecule has 1 aliphatic heterocycles. The van der Waals surface area contributed by atoms with E-state index in [0.29, 0.717) is 5.88 Å². The zero-order chi connectivity index (χ0) is 14.8. The molecule has 1 fully saturated rings. The highest BCUT2D eigenvalue weighted by molar-refractivity contribution is 7.88. The minimum atomic E-state index is -3.29. The third-order valence-corrected chi connectivity index (χ3v) is 5.33. The Bertz CT molecular complexity index is 547. The van der Waals surface area contributed by atoms with Gasteiger partial charge in [-0.25, -0.2) is 12.8 Å². The maximum atomic E-state index is 13.0. The fourth-order valence-electron chi connectivity index (χ4n) is 2.94. The molecule has 0 aliphatic carbocycles. The van der Waals surface area contributed by atoms with Crippen molar-refractivity contribution in [2.75, 3.05) is 12.1 Å². The molecular weight excluding hydrogens is 301 g/mol. The Morgan fingerprint density at radius 3 is 2.50 bits per heavy atom. The molecule has 1 saturated heterocycles. The van der Waals surface area contributed by atoms with E-state index in [1.165, 1.54) is 18.4 Å². The van der Waals surface area contributed by atoms with E-state index in [4.69, 9.17) is 11.6 Å². The number of alkyl halides is 1. The van der Waals surface area contributed by atoms with Gasteiger partial charge < -0.3 is 0 Å². The summed E-state index contributed by atoms with van der Waals surface area (Å²) in [6.45, 7) is 0. The second-order valence-corrected chi connectivity index (χ2v) is 7.49. The SMILES string of the molecule is CS(=O)(=O)N1C(CCCCl)CCC1c1ccc(F)cc1. The quantitative estimate of drug-likeness (QED) is 0.781. The molecule has 112 valence electrons. The number of hydrogen-bond acceptors (Lipinski definition) is 2. The van der Waals surface area contributed by atoms with Crippen LogP contribution in [0.2, 0.25) is 0 Å². The first kappa shape index (κ1) is 15.7. The second-order valence-electron chi connectivity index (χ2n) is 5.22. The van der Waals surface area contributed by atoms with Crippen LogP contribution < -0.4 is 0 Å². The predicted molar refractivity (Wildman–Crippen MR) is 78.8 cm³/mol. The Balaban J connectivity index is 2.26. The smallest absolute Gasteiger partial charge is 0.212 e. The van der Waals surface area contributed by atoms with E-state index in [1.807, 2.05) is 0 Å². The van der Waals surface area contributed by atoms with Crippen molar-refractivity contribution >= 4 is 21.6 Å². The molecule has 0 aromatic heterocycles. The Hall–Kier alpha value is -0.650. The summed E-state index contributed by atoms with van der Waals surface area (Å²) < 4.78 is 38.7. The van der Waals surface area contributed by atoms with Crippen molar-refractivity contribution in [1.29, 1.82) is 0 Å². The number of benzene rings is 1. The Kier molecular flexibility index (Phi) is 5.04. The van der Waals surface area contributed by atoms with Gasteiger partial charge in [-0.3, -0.25) is 0 Å². The minimum Gasteiger partial charge on any atom is -0.212 e. The maximum Gasteiger partial charge on any atom is 0.212 e. The molecular formula is C14H19ClFNO2S. The molecule has 0 N–H and O–H groups in total. The number of hydrogen-bond donors (Lipinski definition) is 0. The van der Waals surface area contributed by atoms with Crippen LogP contribution in [0.3, 0.4) is 0 Å². The average Bonchev–Trinajstić information content (AvgIpc) is 2.81. The molecule has 2 rings (SSSR count). The van der Waals surface area contributed by atoms with Crippen LogP contribution >= 0.6 is 11.6 Å². The molecule has 3 nitrogen and oxygen atoms in total. The number of halogens is 2. The molecule has 0 saturated carbocycles. The van der Waals surface area contributed by atoms with Crippen LogP contribution in [0, 0.1) is 5.82 Å². The molecule has 2 unspecified atom stereocenters. The van der Waals surface area contributed by atoms with Gasteiger partial charge in [-0.05, 0) is 43.4 Å². The topological polar surface area (TPSA) is 37.4 Å². The first-order valence-electron chi connectivity index (χ1n) is 6.73. The fraction of sp³-hybridized carbons (Fsp3) is 0.571. The van der Waals surface area contributed by atoms with E-state index in [2.05, 4.69) is 0 Å². The van der Waals surface area contributed by atoms with Crippen LogP contribution in [-0.4, -0.2) is 30.9 Å². The van der Waals surface area contributed by atoms with Crippen molar-refractivity contribution in [3.05, 3.63) is 35.6 Å². The van der Waals surface area contributed by atoms with E-state index in [1.54, 1.807) is 16.4 Å². The molecule has 0 amide bonds. The van der Waals surface area contributed by atoms with Crippen molar-refractivity contribution in [3.8, 4) is 0 Å². The first-order valence-corrected chi connectivity index (χ1v) is 9.11. The van der Waals surface area contributed by atoms with Gasteiger partial charge in [-0.15, -0.1) is 11.6 Å². The molecule has 1 aromatic rings.